The highest BCUT2D eigenvalue weighted by Crippen LogP contribution is 2.54. The number of carbonyl (C=O) groups is 3. The van der Waals surface area contributed by atoms with Crippen molar-refractivity contribution in [2.75, 3.05) is 6.61 Å². The zero-order valence-electron chi connectivity index (χ0n) is 25.6. The smallest absolute Gasteiger partial charge is 0.460 e. The molecule has 4 unspecified atom stereocenters. The van der Waals surface area contributed by atoms with E-state index in [1.54, 1.807) is 13.0 Å². The topological polar surface area (TPSA) is 89.9 Å². The molecule has 0 spiro atoms. The number of benzene rings is 2. The Morgan fingerprint density at radius 2 is 1.39 bits per heavy atom. The van der Waals surface area contributed by atoms with Gasteiger partial charge in [0.05, 0.1) is 30.8 Å². The highest BCUT2D eigenvalue weighted by molar-refractivity contribution is 5.87. The number of hydrogen-bond acceptors (Lipinski definition) is 5. The molecule has 1 N–H and O–H groups in total. The predicted octanol–water partition coefficient (Wildman–Crippen LogP) is 8.42. The van der Waals surface area contributed by atoms with Crippen LogP contribution in [0.15, 0.2) is 42.5 Å². The fourth-order valence-corrected chi connectivity index (χ4v) is 4.93. The summed E-state index contributed by atoms with van der Waals surface area (Å²) in [4.78, 5) is 38.6. The van der Waals surface area contributed by atoms with Gasteiger partial charge in [0.15, 0.2) is 0 Å². The first-order valence-electron chi connectivity index (χ1n) is 14.2. The Labute approximate surface area is 259 Å². The van der Waals surface area contributed by atoms with Gasteiger partial charge in [-0.3, -0.25) is 14.4 Å². The van der Waals surface area contributed by atoms with Crippen LogP contribution in [0.25, 0.3) is 10.8 Å². The van der Waals surface area contributed by atoms with Crippen LogP contribution < -0.4 is 0 Å². The zero-order chi connectivity index (χ0) is 35.5. The normalized spacial score (nSPS) is 16.0. The first-order valence-corrected chi connectivity index (χ1v) is 14.2. The fraction of sp³-hybridized carbons (Fsp3) is 0.581. The summed E-state index contributed by atoms with van der Waals surface area (Å²) in [7, 11) is 0. The van der Waals surface area contributed by atoms with Crippen molar-refractivity contribution in [1.29, 1.82) is 0 Å². The van der Waals surface area contributed by atoms with Gasteiger partial charge < -0.3 is 14.6 Å². The van der Waals surface area contributed by atoms with Crippen molar-refractivity contribution in [3.05, 3.63) is 48.0 Å². The van der Waals surface area contributed by atoms with Crippen molar-refractivity contribution in [3.63, 3.8) is 0 Å². The molecular formula is C31H35F9O6. The number of fused-ring (bicyclic) bond motifs is 1. The van der Waals surface area contributed by atoms with Crippen molar-refractivity contribution in [3.8, 4) is 0 Å². The molecule has 0 amide bonds. The van der Waals surface area contributed by atoms with Crippen LogP contribution in [0.2, 0.25) is 0 Å². The van der Waals surface area contributed by atoms with E-state index in [0.717, 1.165) is 23.3 Å². The van der Waals surface area contributed by atoms with E-state index in [2.05, 4.69) is 4.74 Å². The van der Waals surface area contributed by atoms with Crippen LogP contribution in [0.5, 0.6) is 0 Å². The first-order chi connectivity index (χ1) is 20.9. The SMILES string of the molecule is CCC(CC(C(=O)OC(C)(C)C)C(C(=O)O)C(C)C(=O)OCCC(F)(F)C(F)(F)C(F)(F)C(F)(F)F)c1ccc2ccccc2c1. The van der Waals surface area contributed by atoms with E-state index in [-0.39, 0.29) is 6.42 Å². The lowest BCUT2D eigenvalue weighted by Crippen LogP contribution is -2.61. The van der Waals surface area contributed by atoms with Crippen LogP contribution in [0.4, 0.5) is 39.5 Å². The Kier molecular flexibility index (Phi) is 11.8. The Hall–Kier alpha value is -3.52. The minimum Gasteiger partial charge on any atom is -0.481 e. The van der Waals surface area contributed by atoms with E-state index in [9.17, 15) is 59.0 Å². The molecule has 15 heteroatoms. The molecule has 0 aliphatic heterocycles. The van der Waals surface area contributed by atoms with Gasteiger partial charge in [-0.15, -0.1) is 0 Å². The Bertz CT molecular complexity index is 1380. The van der Waals surface area contributed by atoms with Gasteiger partial charge in [-0.2, -0.15) is 39.5 Å². The summed E-state index contributed by atoms with van der Waals surface area (Å²) in [6.07, 6.45) is -9.24. The van der Waals surface area contributed by atoms with E-state index in [4.69, 9.17) is 4.74 Å². The molecule has 4 atom stereocenters. The fourth-order valence-electron chi connectivity index (χ4n) is 4.93. The maximum atomic E-state index is 13.9. The number of aliphatic carboxylic acids is 1. The van der Waals surface area contributed by atoms with Crippen LogP contribution in [0, 0.1) is 17.8 Å². The van der Waals surface area contributed by atoms with Crippen molar-refractivity contribution >= 4 is 28.7 Å². The number of esters is 2. The molecule has 0 aliphatic rings. The summed E-state index contributed by atoms with van der Waals surface area (Å²) in [5, 5.41) is 11.9. The minimum atomic E-state index is -7.11. The van der Waals surface area contributed by atoms with Crippen LogP contribution >= 0.6 is 0 Å². The van der Waals surface area contributed by atoms with Crippen LogP contribution in [0.3, 0.4) is 0 Å². The van der Waals surface area contributed by atoms with Gasteiger partial charge >= 0.3 is 41.9 Å². The highest BCUT2D eigenvalue weighted by atomic mass is 19.4. The molecule has 258 valence electrons. The lowest BCUT2D eigenvalue weighted by Gasteiger charge is -2.33. The summed E-state index contributed by atoms with van der Waals surface area (Å²) in [6, 6.07) is 12.8. The first kappa shape index (κ1) is 38.7. The molecular weight excluding hydrogens is 639 g/mol. The molecule has 2 rings (SSSR count). The summed E-state index contributed by atoms with van der Waals surface area (Å²) in [6.45, 7) is 5.49. The lowest BCUT2D eigenvalue weighted by molar-refractivity contribution is -0.397. The van der Waals surface area contributed by atoms with E-state index >= 15 is 0 Å². The molecule has 0 fully saturated rings. The third-order valence-electron chi connectivity index (χ3n) is 7.48. The maximum absolute atomic E-state index is 13.9. The number of carbonyl (C=O) groups excluding carboxylic acids is 2. The monoisotopic (exact) mass is 674 g/mol. The van der Waals surface area contributed by atoms with Crippen LogP contribution in [-0.2, 0) is 23.9 Å². The number of hydrogen-bond donors (Lipinski definition) is 1. The molecule has 0 aliphatic carbocycles. The quantitative estimate of drug-likeness (QED) is 0.160. The molecule has 2 aromatic carbocycles. The van der Waals surface area contributed by atoms with Crippen LogP contribution in [0.1, 0.15) is 65.4 Å². The second-order valence-electron chi connectivity index (χ2n) is 12.0. The molecule has 0 bridgehead atoms. The van der Waals surface area contributed by atoms with E-state index in [0.29, 0.717) is 6.42 Å². The van der Waals surface area contributed by atoms with E-state index in [1.165, 1.54) is 20.8 Å². The molecule has 0 radical (unpaired) electrons. The number of carboxylic acids is 1. The van der Waals surface area contributed by atoms with Gasteiger partial charge in [0.25, 0.3) is 0 Å². The Morgan fingerprint density at radius 3 is 1.89 bits per heavy atom. The third kappa shape index (κ3) is 8.64. The van der Waals surface area contributed by atoms with Gasteiger partial charge in [0.2, 0.25) is 0 Å². The average Bonchev–Trinajstić information content (AvgIpc) is 2.92. The summed E-state index contributed by atoms with van der Waals surface area (Å²) < 4.78 is 128. The second-order valence-corrected chi connectivity index (χ2v) is 12.0. The summed E-state index contributed by atoms with van der Waals surface area (Å²) in [5.41, 5.74) is -0.379. The molecule has 6 nitrogen and oxygen atoms in total. The zero-order valence-corrected chi connectivity index (χ0v) is 25.6. The third-order valence-corrected chi connectivity index (χ3v) is 7.48. The van der Waals surface area contributed by atoms with Gasteiger partial charge in [-0.25, -0.2) is 0 Å². The maximum Gasteiger partial charge on any atom is 0.460 e. The Morgan fingerprint density at radius 1 is 0.826 bits per heavy atom. The molecule has 2 aromatic rings. The molecule has 0 saturated carbocycles. The molecule has 0 aromatic heterocycles. The minimum absolute atomic E-state index is 0.171. The van der Waals surface area contributed by atoms with Crippen molar-refractivity contribution in [2.45, 2.75) is 89.3 Å². The number of halogens is 9. The van der Waals surface area contributed by atoms with Gasteiger partial charge in [0, 0.05) is 0 Å². The number of carboxylic acid groups (broad SMARTS) is 1. The average molecular weight is 675 g/mol. The molecule has 0 heterocycles. The Balaban J connectivity index is 2.35. The standard InChI is InChI=1S/C31H35F9O6/c1-6-18(21-12-11-19-9-7-8-10-20(19)15-21)16-22(26(44)46-27(3,4)5)23(24(41)42)17(2)25(43)45-14-13-28(32,33)29(34,35)30(36,37)31(38,39)40/h7-12,15,17-18,22-23H,6,13-14,16H2,1-5H3,(H,41,42). The predicted molar refractivity (Wildman–Crippen MR) is 148 cm³/mol. The van der Waals surface area contributed by atoms with Gasteiger partial charge in [-0.1, -0.05) is 56.3 Å². The number of ether oxygens (including phenoxy) is 2. The lowest BCUT2D eigenvalue weighted by atomic mass is 9.75. The van der Waals surface area contributed by atoms with Gasteiger partial charge in [-0.05, 0) is 55.9 Å². The number of alkyl halides is 9. The van der Waals surface area contributed by atoms with Crippen molar-refractivity contribution in [1.82, 2.24) is 0 Å². The molecule has 46 heavy (non-hydrogen) atoms. The van der Waals surface area contributed by atoms with Gasteiger partial charge in [0.1, 0.15) is 5.60 Å². The number of rotatable bonds is 14. The van der Waals surface area contributed by atoms with Crippen molar-refractivity contribution in [2.24, 2.45) is 17.8 Å². The molecule has 0 saturated heterocycles. The van der Waals surface area contributed by atoms with Crippen LogP contribution in [-0.4, -0.2) is 59.2 Å². The summed E-state index contributed by atoms with van der Waals surface area (Å²) >= 11 is 0. The van der Waals surface area contributed by atoms with E-state index in [1.807, 2.05) is 36.4 Å². The largest absolute Gasteiger partial charge is 0.481 e. The highest BCUT2D eigenvalue weighted by Gasteiger charge is 2.81. The van der Waals surface area contributed by atoms with E-state index < -0.39 is 84.2 Å². The van der Waals surface area contributed by atoms with Crippen molar-refractivity contribution < 1.29 is 68.5 Å². The summed E-state index contributed by atoms with van der Waals surface area (Å²) in [5.74, 6) is -30.0. The second kappa shape index (κ2) is 14.1.